The Morgan fingerprint density at radius 1 is 1.17 bits per heavy atom. The first-order valence-corrected chi connectivity index (χ1v) is 5.73. The first kappa shape index (κ1) is 12.7. The van der Waals surface area contributed by atoms with Gasteiger partial charge in [0.1, 0.15) is 5.52 Å². The lowest BCUT2D eigenvalue weighted by Crippen LogP contribution is -2.01. The van der Waals surface area contributed by atoms with Crippen LogP contribution >= 0.6 is 0 Å². The van der Waals surface area contributed by atoms with Crippen LogP contribution in [0.4, 0.5) is 18.9 Å². The summed E-state index contributed by atoms with van der Waals surface area (Å²) < 4.78 is 40.1. The summed E-state index contributed by atoms with van der Waals surface area (Å²) in [4.78, 5) is 4.05. The largest absolute Gasteiger partial charge is 0.388 e. The van der Waals surface area contributed by atoms with E-state index in [1.807, 2.05) is 6.92 Å². The molecule has 1 heterocycles. The number of benzene rings is 1. The molecule has 1 N–H and O–H groups in total. The molecular formula is C13H13F3N2. The predicted octanol–water partition coefficient (Wildman–Crippen LogP) is 3.65. The number of nitrogens with one attached hydrogen (secondary N) is 1. The second-order valence-electron chi connectivity index (χ2n) is 4.04. The molecule has 0 saturated carbocycles. The molecule has 0 spiro atoms. The lowest BCUT2D eigenvalue weighted by atomic mass is 10.1. The lowest BCUT2D eigenvalue weighted by molar-refractivity contribution is 0.452. The van der Waals surface area contributed by atoms with Crippen LogP contribution in [0.1, 0.15) is 19.0 Å². The van der Waals surface area contributed by atoms with E-state index in [4.69, 9.17) is 0 Å². The third kappa shape index (κ3) is 2.00. The van der Waals surface area contributed by atoms with Crippen LogP contribution in [0.15, 0.2) is 12.1 Å². The molecule has 1 aromatic carbocycles. The quantitative estimate of drug-likeness (QED) is 0.846. The van der Waals surface area contributed by atoms with Crippen molar-refractivity contribution >= 4 is 16.6 Å². The third-order valence-corrected chi connectivity index (χ3v) is 2.77. The van der Waals surface area contributed by atoms with E-state index in [1.165, 1.54) is 0 Å². The van der Waals surface area contributed by atoms with Crippen molar-refractivity contribution in [1.29, 1.82) is 0 Å². The normalized spacial score (nSPS) is 10.9. The Morgan fingerprint density at radius 2 is 1.89 bits per heavy atom. The minimum Gasteiger partial charge on any atom is -0.388 e. The maximum absolute atomic E-state index is 13.7. The molecule has 0 aliphatic carbocycles. The van der Waals surface area contributed by atoms with Gasteiger partial charge in [0.2, 0.25) is 0 Å². The summed E-state index contributed by atoms with van der Waals surface area (Å²) in [6.45, 7) is 1.96. The van der Waals surface area contributed by atoms with Crippen molar-refractivity contribution in [3.8, 4) is 0 Å². The van der Waals surface area contributed by atoms with Gasteiger partial charge >= 0.3 is 0 Å². The van der Waals surface area contributed by atoms with Gasteiger partial charge in [-0.1, -0.05) is 13.3 Å². The van der Waals surface area contributed by atoms with Gasteiger partial charge in [0, 0.05) is 23.8 Å². The van der Waals surface area contributed by atoms with Gasteiger partial charge in [0.05, 0.1) is 0 Å². The highest BCUT2D eigenvalue weighted by molar-refractivity contribution is 5.91. The van der Waals surface area contributed by atoms with Crippen molar-refractivity contribution in [2.24, 2.45) is 0 Å². The molecule has 1 aromatic heterocycles. The van der Waals surface area contributed by atoms with Crippen LogP contribution in [-0.2, 0) is 6.42 Å². The van der Waals surface area contributed by atoms with E-state index in [0.717, 1.165) is 12.5 Å². The summed E-state index contributed by atoms with van der Waals surface area (Å²) >= 11 is 0. The van der Waals surface area contributed by atoms with E-state index < -0.39 is 17.5 Å². The number of pyridine rings is 1. The summed E-state index contributed by atoms with van der Waals surface area (Å²) in [7, 11) is 1.64. The fourth-order valence-corrected chi connectivity index (χ4v) is 1.91. The molecule has 2 nitrogen and oxygen atoms in total. The average molecular weight is 254 g/mol. The average Bonchev–Trinajstić information content (AvgIpc) is 2.37. The predicted molar refractivity (Wildman–Crippen MR) is 65.2 cm³/mol. The number of anilines is 1. The van der Waals surface area contributed by atoms with Crippen molar-refractivity contribution in [3.63, 3.8) is 0 Å². The van der Waals surface area contributed by atoms with E-state index in [1.54, 1.807) is 13.1 Å². The molecular weight excluding hydrogens is 241 g/mol. The monoisotopic (exact) mass is 254 g/mol. The molecule has 2 rings (SSSR count). The van der Waals surface area contributed by atoms with Gasteiger partial charge in [-0.05, 0) is 18.6 Å². The van der Waals surface area contributed by atoms with Gasteiger partial charge < -0.3 is 5.32 Å². The van der Waals surface area contributed by atoms with Crippen LogP contribution in [0.25, 0.3) is 10.9 Å². The zero-order chi connectivity index (χ0) is 13.3. The number of fused-ring (bicyclic) bond motifs is 1. The fourth-order valence-electron chi connectivity index (χ4n) is 1.91. The van der Waals surface area contributed by atoms with Gasteiger partial charge in [0.15, 0.2) is 17.5 Å². The Bertz CT molecular complexity index is 597. The van der Waals surface area contributed by atoms with Crippen LogP contribution in [0, 0.1) is 17.5 Å². The molecule has 96 valence electrons. The van der Waals surface area contributed by atoms with Crippen molar-refractivity contribution in [2.45, 2.75) is 19.8 Å². The van der Waals surface area contributed by atoms with Crippen molar-refractivity contribution < 1.29 is 13.2 Å². The summed E-state index contributed by atoms with van der Waals surface area (Å²) in [6.07, 6.45) is 1.50. The molecule has 0 fully saturated rings. The number of hydrogen-bond donors (Lipinski definition) is 1. The van der Waals surface area contributed by atoms with Crippen LogP contribution < -0.4 is 5.32 Å². The lowest BCUT2D eigenvalue weighted by Gasteiger charge is -2.10. The molecule has 0 atom stereocenters. The molecule has 0 saturated heterocycles. The van der Waals surface area contributed by atoms with Crippen LogP contribution in [-0.4, -0.2) is 12.0 Å². The Morgan fingerprint density at radius 3 is 2.50 bits per heavy atom. The summed E-state index contributed by atoms with van der Waals surface area (Å²) in [6, 6.07) is 2.69. The van der Waals surface area contributed by atoms with Crippen molar-refractivity contribution in [2.75, 3.05) is 12.4 Å². The SMILES string of the molecule is CCCc1cc(NC)c2cc(F)c(F)c(F)c2n1. The smallest absolute Gasteiger partial charge is 0.196 e. The van der Waals surface area contributed by atoms with E-state index in [0.29, 0.717) is 17.8 Å². The van der Waals surface area contributed by atoms with Gasteiger partial charge in [-0.25, -0.2) is 18.2 Å². The highest BCUT2D eigenvalue weighted by Crippen LogP contribution is 2.28. The molecule has 0 aliphatic heterocycles. The summed E-state index contributed by atoms with van der Waals surface area (Å²) in [5, 5.41) is 3.09. The first-order valence-electron chi connectivity index (χ1n) is 5.73. The number of aryl methyl sites for hydroxylation is 1. The number of aromatic nitrogens is 1. The second kappa shape index (κ2) is 4.84. The molecule has 0 bridgehead atoms. The zero-order valence-corrected chi connectivity index (χ0v) is 10.2. The van der Waals surface area contributed by atoms with Crippen LogP contribution in [0.2, 0.25) is 0 Å². The fraction of sp³-hybridized carbons (Fsp3) is 0.308. The van der Waals surface area contributed by atoms with Gasteiger partial charge in [-0.3, -0.25) is 0 Å². The van der Waals surface area contributed by atoms with Crippen molar-refractivity contribution in [1.82, 2.24) is 4.98 Å². The first-order chi connectivity index (χ1) is 8.58. The summed E-state index contributed by atoms with van der Waals surface area (Å²) in [5.41, 5.74) is 1.06. The van der Waals surface area contributed by atoms with Gasteiger partial charge in [-0.2, -0.15) is 0 Å². The van der Waals surface area contributed by atoms with Gasteiger partial charge in [0.25, 0.3) is 0 Å². The molecule has 2 aromatic rings. The second-order valence-corrected chi connectivity index (χ2v) is 4.04. The molecule has 5 heteroatoms. The Labute approximate surface area is 103 Å². The highest BCUT2D eigenvalue weighted by atomic mass is 19.2. The molecule has 0 radical (unpaired) electrons. The highest BCUT2D eigenvalue weighted by Gasteiger charge is 2.17. The van der Waals surface area contributed by atoms with E-state index in [9.17, 15) is 13.2 Å². The van der Waals surface area contributed by atoms with Crippen molar-refractivity contribution in [3.05, 3.63) is 35.3 Å². The Kier molecular flexibility index (Phi) is 3.41. The molecule has 0 amide bonds. The standard InChI is InChI=1S/C13H13F3N2/c1-3-4-7-5-10(17-2)8-6-9(14)11(15)12(16)13(8)18-7/h5-6H,3-4H2,1-2H3,(H,17,18). The van der Waals surface area contributed by atoms with E-state index in [2.05, 4.69) is 10.3 Å². The number of halogens is 3. The van der Waals surface area contributed by atoms with Crippen LogP contribution in [0.5, 0.6) is 0 Å². The topological polar surface area (TPSA) is 24.9 Å². The number of nitrogens with zero attached hydrogens (tertiary/aromatic N) is 1. The number of hydrogen-bond acceptors (Lipinski definition) is 2. The zero-order valence-electron chi connectivity index (χ0n) is 10.2. The van der Waals surface area contributed by atoms with Crippen LogP contribution in [0.3, 0.4) is 0 Å². The third-order valence-electron chi connectivity index (χ3n) is 2.77. The maximum atomic E-state index is 13.7. The summed E-state index contributed by atoms with van der Waals surface area (Å²) in [5.74, 6) is -3.92. The maximum Gasteiger partial charge on any atom is 0.196 e. The Hall–Kier alpha value is -1.78. The minimum absolute atomic E-state index is 0.135. The van der Waals surface area contributed by atoms with Gasteiger partial charge in [-0.15, -0.1) is 0 Å². The van der Waals surface area contributed by atoms with E-state index in [-0.39, 0.29) is 10.9 Å². The molecule has 18 heavy (non-hydrogen) atoms. The minimum atomic E-state index is -1.48. The number of rotatable bonds is 3. The molecule has 0 unspecified atom stereocenters. The Balaban J connectivity index is 2.79. The molecule has 0 aliphatic rings. The van der Waals surface area contributed by atoms with E-state index >= 15 is 0 Å².